The van der Waals surface area contributed by atoms with Crippen molar-refractivity contribution in [2.24, 2.45) is 5.73 Å². The monoisotopic (exact) mass is 221 g/mol. The number of nitrogens with zero attached hydrogens (tertiary/aromatic N) is 2. The molecule has 88 valence electrons. The average Bonchev–Trinajstić information content (AvgIpc) is 2.32. The number of piperidine rings is 1. The second kappa shape index (κ2) is 5.27. The molecule has 1 saturated heterocycles. The minimum Gasteiger partial charge on any atom is -0.474 e. The van der Waals surface area contributed by atoms with Gasteiger partial charge in [-0.25, -0.2) is 4.98 Å². The fourth-order valence-electron chi connectivity index (χ4n) is 1.91. The Balaban J connectivity index is 1.93. The van der Waals surface area contributed by atoms with Crippen LogP contribution in [-0.4, -0.2) is 36.1 Å². The van der Waals surface area contributed by atoms with Crippen LogP contribution in [0.4, 0.5) is 0 Å². The van der Waals surface area contributed by atoms with Crippen LogP contribution in [0.3, 0.4) is 0 Å². The molecule has 1 aliphatic heterocycles. The van der Waals surface area contributed by atoms with Crippen molar-refractivity contribution in [3.8, 4) is 5.88 Å². The van der Waals surface area contributed by atoms with E-state index in [1.54, 1.807) is 0 Å². The van der Waals surface area contributed by atoms with Crippen LogP contribution in [-0.2, 0) is 6.54 Å². The standard InChI is InChI=1S/C12H19N3O/c1-15-7-5-11(6-8-15)16-12-4-2-3-10(9-13)14-12/h2-4,11H,5-9,13H2,1H3. The number of likely N-dealkylation sites (tertiary alicyclic amines) is 1. The minimum absolute atomic E-state index is 0.303. The summed E-state index contributed by atoms with van der Waals surface area (Å²) in [5.74, 6) is 0.706. The van der Waals surface area contributed by atoms with E-state index < -0.39 is 0 Å². The fraction of sp³-hybridized carbons (Fsp3) is 0.583. The molecule has 16 heavy (non-hydrogen) atoms. The van der Waals surface area contributed by atoms with Crippen molar-refractivity contribution in [1.29, 1.82) is 0 Å². The number of rotatable bonds is 3. The molecule has 1 fully saturated rings. The predicted octanol–water partition coefficient (Wildman–Crippen LogP) is 1.01. The molecule has 0 bridgehead atoms. The Labute approximate surface area is 96.4 Å². The highest BCUT2D eigenvalue weighted by Gasteiger charge is 2.18. The van der Waals surface area contributed by atoms with Gasteiger partial charge in [0.2, 0.25) is 5.88 Å². The molecule has 0 radical (unpaired) electrons. The first-order valence-corrected chi connectivity index (χ1v) is 5.79. The molecule has 0 aliphatic carbocycles. The van der Waals surface area contributed by atoms with E-state index in [4.69, 9.17) is 10.5 Å². The Kier molecular flexibility index (Phi) is 3.74. The zero-order valence-corrected chi connectivity index (χ0v) is 9.72. The Bertz CT molecular complexity index is 335. The topological polar surface area (TPSA) is 51.4 Å². The summed E-state index contributed by atoms with van der Waals surface area (Å²) in [5, 5.41) is 0. The van der Waals surface area contributed by atoms with Crippen LogP contribution in [0.15, 0.2) is 18.2 Å². The summed E-state index contributed by atoms with van der Waals surface area (Å²) in [6.07, 6.45) is 2.45. The van der Waals surface area contributed by atoms with Crippen LogP contribution in [0.5, 0.6) is 5.88 Å². The van der Waals surface area contributed by atoms with E-state index in [0.29, 0.717) is 18.5 Å². The van der Waals surface area contributed by atoms with Crippen LogP contribution >= 0.6 is 0 Å². The molecule has 0 saturated carbocycles. The van der Waals surface area contributed by atoms with Gasteiger partial charge in [-0.2, -0.15) is 0 Å². The van der Waals surface area contributed by atoms with Crippen molar-refractivity contribution in [3.05, 3.63) is 23.9 Å². The van der Waals surface area contributed by atoms with Gasteiger partial charge in [0.15, 0.2) is 0 Å². The second-order valence-electron chi connectivity index (χ2n) is 4.29. The van der Waals surface area contributed by atoms with E-state index in [9.17, 15) is 0 Å². The van der Waals surface area contributed by atoms with Gasteiger partial charge in [0.25, 0.3) is 0 Å². The second-order valence-corrected chi connectivity index (χ2v) is 4.29. The highest BCUT2D eigenvalue weighted by molar-refractivity contribution is 5.15. The lowest BCUT2D eigenvalue weighted by Crippen LogP contribution is -2.35. The third kappa shape index (κ3) is 2.93. The van der Waals surface area contributed by atoms with E-state index in [2.05, 4.69) is 16.9 Å². The molecular weight excluding hydrogens is 202 g/mol. The molecule has 2 heterocycles. The minimum atomic E-state index is 0.303. The Morgan fingerprint density at radius 3 is 2.88 bits per heavy atom. The maximum atomic E-state index is 5.85. The average molecular weight is 221 g/mol. The number of hydrogen-bond donors (Lipinski definition) is 1. The fourth-order valence-corrected chi connectivity index (χ4v) is 1.91. The van der Waals surface area contributed by atoms with Gasteiger partial charge in [-0.3, -0.25) is 0 Å². The van der Waals surface area contributed by atoms with E-state index in [1.807, 2.05) is 18.2 Å². The number of aromatic nitrogens is 1. The predicted molar refractivity (Wildman–Crippen MR) is 63.3 cm³/mol. The van der Waals surface area contributed by atoms with Crippen LogP contribution in [0.25, 0.3) is 0 Å². The Hall–Kier alpha value is -1.13. The summed E-state index contributed by atoms with van der Waals surface area (Å²) in [6, 6.07) is 5.76. The van der Waals surface area contributed by atoms with E-state index >= 15 is 0 Å². The highest BCUT2D eigenvalue weighted by Crippen LogP contribution is 2.16. The molecule has 0 unspecified atom stereocenters. The number of hydrogen-bond acceptors (Lipinski definition) is 4. The molecule has 0 aromatic carbocycles. The molecule has 1 aromatic heterocycles. The van der Waals surface area contributed by atoms with Crippen LogP contribution in [0.2, 0.25) is 0 Å². The van der Waals surface area contributed by atoms with Gasteiger partial charge in [-0.1, -0.05) is 6.07 Å². The van der Waals surface area contributed by atoms with Gasteiger partial charge >= 0.3 is 0 Å². The van der Waals surface area contributed by atoms with Gasteiger partial charge in [-0.15, -0.1) is 0 Å². The molecule has 1 aliphatic rings. The lowest BCUT2D eigenvalue weighted by molar-refractivity contribution is 0.110. The largest absolute Gasteiger partial charge is 0.474 e. The number of pyridine rings is 1. The first-order valence-electron chi connectivity index (χ1n) is 5.79. The highest BCUT2D eigenvalue weighted by atomic mass is 16.5. The summed E-state index contributed by atoms with van der Waals surface area (Å²) in [6.45, 7) is 2.66. The lowest BCUT2D eigenvalue weighted by Gasteiger charge is -2.28. The number of nitrogens with two attached hydrogens (primary N) is 1. The first kappa shape index (κ1) is 11.4. The molecule has 2 N–H and O–H groups in total. The zero-order valence-electron chi connectivity index (χ0n) is 9.72. The van der Waals surface area contributed by atoms with Crippen molar-refractivity contribution in [2.45, 2.75) is 25.5 Å². The third-order valence-corrected chi connectivity index (χ3v) is 2.94. The van der Waals surface area contributed by atoms with Gasteiger partial charge < -0.3 is 15.4 Å². The summed E-state index contributed by atoms with van der Waals surface area (Å²) < 4.78 is 5.85. The summed E-state index contributed by atoms with van der Waals surface area (Å²) in [7, 11) is 2.14. The first-order chi connectivity index (χ1) is 7.78. The molecule has 0 spiro atoms. The van der Waals surface area contributed by atoms with Gasteiger partial charge in [0.05, 0.1) is 5.69 Å². The molecule has 4 nitrogen and oxygen atoms in total. The third-order valence-electron chi connectivity index (χ3n) is 2.94. The Morgan fingerprint density at radius 2 is 2.19 bits per heavy atom. The summed E-state index contributed by atoms with van der Waals surface area (Å²) >= 11 is 0. The summed E-state index contributed by atoms with van der Waals surface area (Å²) in [5.41, 5.74) is 6.43. The van der Waals surface area contributed by atoms with Crippen LogP contribution < -0.4 is 10.5 Å². The molecule has 0 amide bonds. The smallest absolute Gasteiger partial charge is 0.213 e. The quantitative estimate of drug-likeness (QED) is 0.827. The van der Waals surface area contributed by atoms with Gasteiger partial charge in [-0.05, 0) is 26.0 Å². The SMILES string of the molecule is CN1CCC(Oc2cccc(CN)n2)CC1. The zero-order chi connectivity index (χ0) is 11.4. The van der Waals surface area contributed by atoms with Crippen molar-refractivity contribution >= 4 is 0 Å². The van der Waals surface area contributed by atoms with E-state index in [-0.39, 0.29) is 0 Å². The van der Waals surface area contributed by atoms with Crippen molar-refractivity contribution < 1.29 is 4.74 Å². The molecule has 0 atom stereocenters. The van der Waals surface area contributed by atoms with Gasteiger partial charge in [0, 0.05) is 25.7 Å². The summed E-state index contributed by atoms with van der Waals surface area (Å²) in [4.78, 5) is 6.67. The Morgan fingerprint density at radius 1 is 1.44 bits per heavy atom. The maximum Gasteiger partial charge on any atom is 0.213 e. The molecular formula is C12H19N3O. The molecule has 2 rings (SSSR count). The number of ether oxygens (including phenoxy) is 1. The normalized spacial score (nSPS) is 18.6. The van der Waals surface area contributed by atoms with Gasteiger partial charge in [0.1, 0.15) is 6.10 Å². The van der Waals surface area contributed by atoms with Crippen molar-refractivity contribution in [2.75, 3.05) is 20.1 Å². The molecule has 1 aromatic rings. The van der Waals surface area contributed by atoms with Crippen LogP contribution in [0, 0.1) is 0 Å². The van der Waals surface area contributed by atoms with E-state index in [0.717, 1.165) is 31.6 Å². The van der Waals surface area contributed by atoms with Crippen LogP contribution in [0.1, 0.15) is 18.5 Å². The van der Waals surface area contributed by atoms with Crippen molar-refractivity contribution in [3.63, 3.8) is 0 Å². The van der Waals surface area contributed by atoms with Crippen molar-refractivity contribution in [1.82, 2.24) is 9.88 Å². The lowest BCUT2D eigenvalue weighted by atomic mass is 10.1. The van der Waals surface area contributed by atoms with E-state index in [1.165, 1.54) is 0 Å². The maximum absolute atomic E-state index is 5.85. The molecule has 4 heteroatoms.